The zero-order valence-electron chi connectivity index (χ0n) is 15.5. The largest absolute Gasteiger partial charge is 0.457 e. The first-order valence-corrected chi connectivity index (χ1v) is 9.29. The van der Waals surface area contributed by atoms with Crippen LogP contribution in [0.2, 0.25) is 0 Å². The number of rotatable bonds is 4. The van der Waals surface area contributed by atoms with E-state index in [4.69, 9.17) is 4.74 Å². The maximum absolute atomic E-state index is 6.32. The number of aryl methyl sites for hydroxylation is 1. The molecule has 0 aliphatic carbocycles. The summed E-state index contributed by atoms with van der Waals surface area (Å²) in [6.45, 7) is 2.02. The molecule has 0 radical (unpaired) electrons. The van der Waals surface area contributed by atoms with Crippen LogP contribution in [0.25, 0.3) is 21.8 Å². The molecule has 0 amide bonds. The van der Waals surface area contributed by atoms with E-state index in [-0.39, 0.29) is 8.85 Å². The average Bonchev–Trinajstić information content (AvgIpc) is 3.10. The molecule has 3 aromatic heterocycles. The Morgan fingerprint density at radius 2 is 1.83 bits per heavy atom. The number of aromatic nitrogens is 3. The molecule has 0 aliphatic rings. The fraction of sp³-hybridized carbons (Fsp3) is 0.120. The Labute approximate surface area is 171 Å². The molecule has 0 saturated heterocycles. The maximum Gasteiger partial charge on any atom is 0.137 e. The van der Waals surface area contributed by atoms with E-state index >= 15 is 0 Å². The van der Waals surface area contributed by atoms with Crippen LogP contribution in [0.3, 0.4) is 0 Å². The van der Waals surface area contributed by atoms with Crippen LogP contribution < -0.4 is 4.74 Å². The van der Waals surface area contributed by atoms with E-state index < -0.39 is 0 Å². The van der Waals surface area contributed by atoms with Gasteiger partial charge in [0.05, 0.1) is 22.1 Å². The first kappa shape index (κ1) is 18.7. The van der Waals surface area contributed by atoms with Gasteiger partial charge in [0, 0.05) is 25.4 Å². The maximum atomic E-state index is 6.32. The number of fused-ring (bicyclic) bond motifs is 3. The summed E-state index contributed by atoms with van der Waals surface area (Å²) in [7, 11) is 0. The van der Waals surface area contributed by atoms with Crippen LogP contribution >= 0.6 is 0 Å². The summed E-state index contributed by atoms with van der Waals surface area (Å²) in [6.07, 6.45) is 6.34. The second-order valence-corrected chi connectivity index (χ2v) is 6.91. The van der Waals surface area contributed by atoms with Gasteiger partial charge in [0.2, 0.25) is 0 Å². The third kappa shape index (κ3) is 3.57. The predicted molar refractivity (Wildman–Crippen MR) is 121 cm³/mol. The number of pyridine rings is 2. The van der Waals surface area contributed by atoms with E-state index in [1.54, 1.807) is 6.20 Å². The van der Waals surface area contributed by atoms with E-state index in [9.17, 15) is 0 Å². The molecule has 5 aromatic rings. The molecule has 2 aromatic carbocycles. The first-order chi connectivity index (χ1) is 13.8. The smallest absolute Gasteiger partial charge is 0.137 e. The normalized spacial score (nSPS) is 10.8. The van der Waals surface area contributed by atoms with Gasteiger partial charge in [-0.15, -0.1) is 0 Å². The van der Waals surface area contributed by atoms with Gasteiger partial charge in [-0.25, -0.2) is 0 Å². The van der Waals surface area contributed by atoms with Gasteiger partial charge < -0.3 is 9.72 Å². The van der Waals surface area contributed by atoms with Crippen LogP contribution in [0, 0.1) is 6.92 Å². The first-order valence-electron chi connectivity index (χ1n) is 9.29. The van der Waals surface area contributed by atoms with Crippen LogP contribution in [0.5, 0.6) is 11.5 Å². The van der Waals surface area contributed by atoms with Crippen LogP contribution in [-0.2, 0) is 6.42 Å². The molecule has 0 fully saturated rings. The van der Waals surface area contributed by atoms with Gasteiger partial charge in [0.15, 0.2) is 0 Å². The standard InChI is InChI=1S/C24H19N3O.CH4.H2/c1-16-24-20(9-11-26-16)23-21(27-24)13-18(12-17-6-5-10-25-15-17)14-22(23)28-19-7-3-2-4-8-19;;/h2-11,13-15,27H,12H2,1H3;1H4;1H. The molecule has 1 N–H and O–H groups in total. The van der Waals surface area contributed by atoms with Crippen molar-refractivity contribution in [1.82, 2.24) is 15.0 Å². The molecule has 0 saturated carbocycles. The third-order valence-corrected chi connectivity index (χ3v) is 4.93. The lowest BCUT2D eigenvalue weighted by Crippen LogP contribution is -1.92. The Morgan fingerprint density at radius 3 is 2.62 bits per heavy atom. The minimum atomic E-state index is 0. The van der Waals surface area contributed by atoms with E-state index in [1.807, 2.05) is 61.8 Å². The zero-order valence-corrected chi connectivity index (χ0v) is 15.5. The second-order valence-electron chi connectivity index (χ2n) is 6.91. The minimum Gasteiger partial charge on any atom is -0.457 e. The van der Waals surface area contributed by atoms with Gasteiger partial charge in [0.25, 0.3) is 0 Å². The van der Waals surface area contributed by atoms with Crippen LogP contribution in [0.1, 0.15) is 25.7 Å². The number of hydrogen-bond donors (Lipinski definition) is 1. The molecule has 4 nitrogen and oxygen atoms in total. The highest BCUT2D eigenvalue weighted by atomic mass is 16.5. The predicted octanol–water partition coefficient (Wildman–Crippen LogP) is 6.68. The van der Waals surface area contributed by atoms with Crippen LogP contribution in [0.4, 0.5) is 0 Å². The molecule has 0 bridgehead atoms. The Morgan fingerprint density at radius 1 is 0.966 bits per heavy atom. The Kier molecular flexibility index (Phi) is 5.00. The van der Waals surface area contributed by atoms with Gasteiger partial charge in [-0.1, -0.05) is 31.7 Å². The monoisotopic (exact) mass is 383 g/mol. The zero-order chi connectivity index (χ0) is 18.9. The fourth-order valence-corrected chi connectivity index (χ4v) is 3.65. The number of nitrogens with zero attached hydrogens (tertiary/aromatic N) is 2. The van der Waals surface area contributed by atoms with E-state index in [0.717, 1.165) is 45.4 Å². The molecule has 0 spiro atoms. The van der Waals surface area contributed by atoms with Gasteiger partial charge >= 0.3 is 0 Å². The lowest BCUT2D eigenvalue weighted by Gasteiger charge is -2.10. The highest BCUT2D eigenvalue weighted by Crippen LogP contribution is 2.37. The van der Waals surface area contributed by atoms with Crippen molar-refractivity contribution in [2.24, 2.45) is 0 Å². The molecule has 4 heteroatoms. The highest BCUT2D eigenvalue weighted by Gasteiger charge is 2.14. The number of H-pyrrole nitrogens is 1. The Hall–Kier alpha value is -3.66. The quantitative estimate of drug-likeness (QED) is 0.376. The van der Waals surface area contributed by atoms with Gasteiger partial charge in [-0.3, -0.25) is 9.97 Å². The van der Waals surface area contributed by atoms with E-state index in [2.05, 4.69) is 33.2 Å². The van der Waals surface area contributed by atoms with Crippen molar-refractivity contribution in [2.45, 2.75) is 20.8 Å². The number of nitrogens with one attached hydrogen (secondary N) is 1. The average molecular weight is 383 g/mol. The lowest BCUT2D eigenvalue weighted by molar-refractivity contribution is 0.488. The second kappa shape index (κ2) is 7.76. The van der Waals surface area contributed by atoms with Crippen LogP contribution in [-0.4, -0.2) is 15.0 Å². The van der Waals surface area contributed by atoms with Crippen molar-refractivity contribution in [2.75, 3.05) is 0 Å². The molecular formula is C25H25N3O. The number of benzene rings is 2. The third-order valence-electron chi connectivity index (χ3n) is 4.93. The molecule has 0 aliphatic heterocycles. The van der Waals surface area contributed by atoms with Gasteiger partial charge in [-0.2, -0.15) is 0 Å². The lowest BCUT2D eigenvalue weighted by atomic mass is 10.0. The number of para-hydroxylation sites is 1. The summed E-state index contributed by atoms with van der Waals surface area (Å²) in [6, 6.07) is 20.3. The molecule has 0 unspecified atom stereocenters. The SMILES string of the molecule is C.Cc1nccc2c1[nH]c1cc(Cc3cccnc3)cc(Oc3ccccc3)c12.[HH]. The number of ether oxygens (including phenoxy) is 1. The minimum absolute atomic E-state index is 0. The summed E-state index contributed by atoms with van der Waals surface area (Å²) >= 11 is 0. The molecule has 0 atom stereocenters. The molecular weight excluding hydrogens is 358 g/mol. The summed E-state index contributed by atoms with van der Waals surface area (Å²) < 4.78 is 6.32. The fourth-order valence-electron chi connectivity index (χ4n) is 3.65. The molecule has 3 heterocycles. The van der Waals surface area contributed by atoms with Crippen molar-refractivity contribution >= 4 is 21.8 Å². The van der Waals surface area contributed by atoms with E-state index in [1.165, 1.54) is 11.1 Å². The highest BCUT2D eigenvalue weighted by molar-refractivity contribution is 6.11. The van der Waals surface area contributed by atoms with Crippen molar-refractivity contribution < 1.29 is 6.16 Å². The topological polar surface area (TPSA) is 50.8 Å². The van der Waals surface area contributed by atoms with Gasteiger partial charge in [-0.05, 0) is 60.9 Å². The van der Waals surface area contributed by atoms with Crippen molar-refractivity contribution in [3.63, 3.8) is 0 Å². The number of aromatic amines is 1. The summed E-state index contributed by atoms with van der Waals surface area (Å²) in [5, 5.41) is 2.21. The van der Waals surface area contributed by atoms with Crippen molar-refractivity contribution in [3.05, 3.63) is 96.1 Å². The Balaban J connectivity index is 0.00000128. The van der Waals surface area contributed by atoms with Crippen LogP contribution in [0.15, 0.2) is 79.3 Å². The number of hydrogen-bond acceptors (Lipinski definition) is 3. The van der Waals surface area contributed by atoms with Crippen molar-refractivity contribution in [3.8, 4) is 11.5 Å². The molecule has 146 valence electrons. The van der Waals surface area contributed by atoms with Crippen molar-refractivity contribution in [1.29, 1.82) is 0 Å². The molecule has 5 rings (SSSR count). The Bertz CT molecular complexity index is 1270. The molecule has 29 heavy (non-hydrogen) atoms. The van der Waals surface area contributed by atoms with Gasteiger partial charge in [0.1, 0.15) is 11.5 Å². The summed E-state index contributed by atoms with van der Waals surface area (Å²) in [5.74, 6) is 1.67. The summed E-state index contributed by atoms with van der Waals surface area (Å²) in [4.78, 5) is 12.2. The summed E-state index contributed by atoms with van der Waals surface area (Å²) in [5.41, 5.74) is 5.42. The van der Waals surface area contributed by atoms with E-state index in [0.29, 0.717) is 0 Å².